The second-order valence-corrected chi connectivity index (χ2v) is 9.75. The van der Waals surface area contributed by atoms with E-state index in [1.54, 1.807) is 0 Å². The molecule has 0 spiro atoms. The second-order valence-electron chi connectivity index (χ2n) is 9.75. The molecular weight excluding hydrogens is 384 g/mol. The SMILES string of the molecule is C[C@@H]1CN(c2cccc3c2C[C@H](CN(C)[C@H]2CCCc4cccnc42)NC3)C[C@H](C)O1. The van der Waals surface area contributed by atoms with Gasteiger partial charge in [0.05, 0.1) is 23.9 Å². The summed E-state index contributed by atoms with van der Waals surface area (Å²) in [6.45, 7) is 8.33. The second kappa shape index (κ2) is 8.89. The molecule has 166 valence electrons. The number of rotatable bonds is 4. The molecule has 1 aromatic heterocycles. The van der Waals surface area contributed by atoms with E-state index in [9.17, 15) is 0 Å². The number of nitrogens with zero attached hydrogens (tertiary/aromatic N) is 3. The Kier molecular flexibility index (Phi) is 6.00. The fourth-order valence-electron chi connectivity index (χ4n) is 5.88. The lowest BCUT2D eigenvalue weighted by Gasteiger charge is -2.40. The van der Waals surface area contributed by atoms with Gasteiger partial charge in [0, 0.05) is 44.1 Å². The number of pyridine rings is 1. The Hall–Kier alpha value is -1.95. The third-order valence-electron chi connectivity index (χ3n) is 7.25. The van der Waals surface area contributed by atoms with Crippen LogP contribution in [-0.4, -0.2) is 54.8 Å². The van der Waals surface area contributed by atoms with E-state index >= 15 is 0 Å². The summed E-state index contributed by atoms with van der Waals surface area (Å²) in [5.41, 5.74) is 7.13. The molecule has 0 saturated carbocycles. The summed E-state index contributed by atoms with van der Waals surface area (Å²) >= 11 is 0. The standard InChI is InChI=1S/C26H36N4O/c1-18-15-30(16-19(2)31-18)24-10-5-8-21-14-28-22(13-23(21)24)17-29(3)25-11-4-7-20-9-6-12-27-26(20)25/h5-6,8-10,12,18-19,22,25,28H,4,7,11,13-17H2,1-3H3/t18-,19+,22-,25+/m1/s1. The lowest BCUT2D eigenvalue weighted by Crippen LogP contribution is -2.48. The number of fused-ring (bicyclic) bond motifs is 2. The monoisotopic (exact) mass is 420 g/mol. The maximum atomic E-state index is 5.98. The summed E-state index contributed by atoms with van der Waals surface area (Å²) in [5.74, 6) is 0. The molecule has 2 aromatic rings. The van der Waals surface area contributed by atoms with E-state index in [0.29, 0.717) is 12.1 Å². The van der Waals surface area contributed by atoms with Gasteiger partial charge in [-0.25, -0.2) is 0 Å². The molecule has 5 rings (SSSR count). The van der Waals surface area contributed by atoms with Gasteiger partial charge >= 0.3 is 0 Å². The van der Waals surface area contributed by atoms with Crippen LogP contribution in [0.4, 0.5) is 5.69 Å². The van der Waals surface area contributed by atoms with Crippen LogP contribution in [0, 0.1) is 0 Å². The van der Waals surface area contributed by atoms with E-state index in [4.69, 9.17) is 9.72 Å². The first-order chi connectivity index (χ1) is 15.1. The average Bonchev–Trinajstić information content (AvgIpc) is 2.77. The maximum absolute atomic E-state index is 5.98. The van der Waals surface area contributed by atoms with Crippen molar-refractivity contribution in [3.8, 4) is 0 Å². The fraction of sp³-hybridized carbons (Fsp3) is 0.577. The zero-order valence-electron chi connectivity index (χ0n) is 19.2. The van der Waals surface area contributed by atoms with Crippen LogP contribution in [0.3, 0.4) is 0 Å². The van der Waals surface area contributed by atoms with Crippen LogP contribution in [0.1, 0.15) is 55.1 Å². The summed E-state index contributed by atoms with van der Waals surface area (Å²) in [5, 5.41) is 3.81. The van der Waals surface area contributed by atoms with Crippen molar-refractivity contribution in [3.63, 3.8) is 0 Å². The highest BCUT2D eigenvalue weighted by Crippen LogP contribution is 2.34. The predicted octanol–water partition coefficient (Wildman–Crippen LogP) is 3.72. The van der Waals surface area contributed by atoms with Crippen molar-refractivity contribution in [2.75, 3.05) is 31.6 Å². The first kappa shape index (κ1) is 20.9. The molecule has 1 aromatic carbocycles. The van der Waals surface area contributed by atoms with Crippen LogP contribution < -0.4 is 10.2 Å². The minimum atomic E-state index is 0.280. The summed E-state index contributed by atoms with van der Waals surface area (Å²) in [7, 11) is 2.28. The Labute approximate surface area is 186 Å². The predicted molar refractivity (Wildman–Crippen MR) is 126 cm³/mol. The lowest BCUT2D eigenvalue weighted by atomic mass is 9.89. The molecule has 5 heteroatoms. The average molecular weight is 421 g/mol. The third kappa shape index (κ3) is 4.36. The van der Waals surface area contributed by atoms with Crippen molar-refractivity contribution >= 4 is 5.69 Å². The Morgan fingerprint density at radius 3 is 2.77 bits per heavy atom. The van der Waals surface area contributed by atoms with Crippen molar-refractivity contribution in [2.24, 2.45) is 0 Å². The topological polar surface area (TPSA) is 40.6 Å². The number of aromatic nitrogens is 1. The molecular formula is C26H36N4O. The molecule has 4 atom stereocenters. The molecule has 3 heterocycles. The summed E-state index contributed by atoms with van der Waals surface area (Å²) in [4.78, 5) is 9.84. The van der Waals surface area contributed by atoms with Gasteiger partial charge in [-0.2, -0.15) is 0 Å². The number of aryl methyl sites for hydroxylation is 1. The number of benzene rings is 1. The molecule has 5 nitrogen and oxygen atoms in total. The molecule has 0 unspecified atom stereocenters. The smallest absolute Gasteiger partial charge is 0.0726 e. The highest BCUT2D eigenvalue weighted by atomic mass is 16.5. The van der Waals surface area contributed by atoms with E-state index in [1.807, 2.05) is 6.20 Å². The molecule has 31 heavy (non-hydrogen) atoms. The van der Waals surface area contributed by atoms with Crippen molar-refractivity contribution in [3.05, 3.63) is 58.9 Å². The van der Waals surface area contributed by atoms with E-state index in [1.165, 1.54) is 47.3 Å². The number of hydrogen-bond donors (Lipinski definition) is 1. The normalized spacial score (nSPS) is 28.3. The number of hydrogen-bond acceptors (Lipinski definition) is 5. The number of likely N-dealkylation sites (N-methyl/N-ethyl adjacent to an activating group) is 1. The third-order valence-corrected chi connectivity index (χ3v) is 7.25. The Morgan fingerprint density at radius 1 is 1.13 bits per heavy atom. The first-order valence-electron chi connectivity index (χ1n) is 12.0. The number of ether oxygens (including phenoxy) is 1. The van der Waals surface area contributed by atoms with Crippen LogP contribution in [-0.2, 0) is 24.1 Å². The number of morpholine rings is 1. The Balaban J connectivity index is 1.32. The zero-order valence-corrected chi connectivity index (χ0v) is 19.2. The highest BCUT2D eigenvalue weighted by molar-refractivity contribution is 5.58. The van der Waals surface area contributed by atoms with Gasteiger partial charge in [0.25, 0.3) is 0 Å². The van der Waals surface area contributed by atoms with E-state index in [0.717, 1.165) is 32.6 Å². The van der Waals surface area contributed by atoms with Gasteiger partial charge in [-0.1, -0.05) is 18.2 Å². The highest BCUT2D eigenvalue weighted by Gasteiger charge is 2.30. The van der Waals surface area contributed by atoms with Gasteiger partial charge in [-0.05, 0) is 75.4 Å². The van der Waals surface area contributed by atoms with Gasteiger partial charge < -0.3 is 15.0 Å². The van der Waals surface area contributed by atoms with Crippen LogP contribution in [0.2, 0.25) is 0 Å². The molecule has 3 aliphatic rings. The summed E-state index contributed by atoms with van der Waals surface area (Å²) < 4.78 is 5.98. The molecule has 0 bridgehead atoms. The van der Waals surface area contributed by atoms with Gasteiger partial charge in [0.15, 0.2) is 0 Å². The minimum absolute atomic E-state index is 0.280. The molecule has 0 amide bonds. The lowest BCUT2D eigenvalue weighted by molar-refractivity contribution is -0.00528. The van der Waals surface area contributed by atoms with E-state index in [-0.39, 0.29) is 12.2 Å². The summed E-state index contributed by atoms with van der Waals surface area (Å²) in [6, 6.07) is 12.1. The fourth-order valence-corrected chi connectivity index (χ4v) is 5.88. The Morgan fingerprint density at radius 2 is 1.94 bits per heavy atom. The van der Waals surface area contributed by atoms with Crippen LogP contribution in [0.25, 0.3) is 0 Å². The summed E-state index contributed by atoms with van der Waals surface area (Å²) in [6.07, 6.45) is 7.23. The van der Waals surface area contributed by atoms with Crippen LogP contribution >= 0.6 is 0 Å². The largest absolute Gasteiger partial charge is 0.372 e. The molecule has 1 fully saturated rings. The number of anilines is 1. The van der Waals surface area contributed by atoms with Gasteiger partial charge in [-0.15, -0.1) is 0 Å². The van der Waals surface area contributed by atoms with Gasteiger partial charge in [-0.3, -0.25) is 9.88 Å². The quantitative estimate of drug-likeness (QED) is 0.816. The minimum Gasteiger partial charge on any atom is -0.372 e. The van der Waals surface area contributed by atoms with Gasteiger partial charge in [0.2, 0.25) is 0 Å². The van der Waals surface area contributed by atoms with Crippen molar-refractivity contribution in [2.45, 2.75) is 70.4 Å². The van der Waals surface area contributed by atoms with E-state index in [2.05, 4.69) is 66.3 Å². The first-order valence-corrected chi connectivity index (χ1v) is 12.0. The van der Waals surface area contributed by atoms with E-state index < -0.39 is 0 Å². The zero-order chi connectivity index (χ0) is 21.4. The molecule has 2 aliphatic heterocycles. The van der Waals surface area contributed by atoms with Crippen molar-refractivity contribution in [1.29, 1.82) is 0 Å². The molecule has 1 aliphatic carbocycles. The number of nitrogens with one attached hydrogen (secondary N) is 1. The van der Waals surface area contributed by atoms with Crippen LogP contribution in [0.5, 0.6) is 0 Å². The molecule has 1 N–H and O–H groups in total. The maximum Gasteiger partial charge on any atom is 0.0726 e. The van der Waals surface area contributed by atoms with Crippen LogP contribution in [0.15, 0.2) is 36.5 Å². The Bertz CT molecular complexity index is 906. The van der Waals surface area contributed by atoms with Crippen molar-refractivity contribution in [1.82, 2.24) is 15.2 Å². The van der Waals surface area contributed by atoms with Crippen molar-refractivity contribution < 1.29 is 4.74 Å². The molecule has 0 radical (unpaired) electrons. The molecule has 1 saturated heterocycles. The van der Waals surface area contributed by atoms with Gasteiger partial charge in [0.1, 0.15) is 0 Å².